The summed E-state index contributed by atoms with van der Waals surface area (Å²) in [5, 5.41) is 20.8. The summed E-state index contributed by atoms with van der Waals surface area (Å²) in [6, 6.07) is 1.43. The molecule has 0 aromatic heterocycles. The minimum Gasteiger partial charge on any atom is -0.508 e. The number of hydrogen-bond acceptors (Lipinski definition) is 3. The molecule has 1 aromatic rings. The third kappa shape index (κ3) is 1.90. The normalized spacial score (nSPS) is 30.3. The predicted octanol–water partition coefficient (Wildman–Crippen LogP) is 3.94. The molecule has 3 heteroatoms. The molecule has 0 heterocycles. The van der Waals surface area contributed by atoms with E-state index in [0.717, 1.165) is 36.8 Å². The number of carbonyl (C=O) groups is 1. The highest BCUT2D eigenvalue weighted by Crippen LogP contribution is 2.59. The standard InChI is InChI=1S/C18H24O3/c1-17(2)7-4-8-18(3)14(17)6-5-12-15(18)13(20)9-11(10-19)16(12)21/h9-10,14,20-21H,4-8H2,1-3H3. The van der Waals surface area contributed by atoms with Crippen LogP contribution in [0.2, 0.25) is 0 Å². The quantitative estimate of drug-likeness (QED) is 0.608. The zero-order valence-electron chi connectivity index (χ0n) is 13.1. The minimum absolute atomic E-state index is 0.0702. The number of phenols is 2. The van der Waals surface area contributed by atoms with Crippen molar-refractivity contribution in [2.24, 2.45) is 11.3 Å². The third-order valence-corrected chi connectivity index (χ3v) is 6.02. The van der Waals surface area contributed by atoms with Crippen LogP contribution in [0.4, 0.5) is 0 Å². The molecule has 2 unspecified atom stereocenters. The van der Waals surface area contributed by atoms with Gasteiger partial charge < -0.3 is 10.2 Å². The maximum absolute atomic E-state index is 11.1. The van der Waals surface area contributed by atoms with Crippen molar-refractivity contribution in [3.63, 3.8) is 0 Å². The Morgan fingerprint density at radius 2 is 1.95 bits per heavy atom. The predicted molar refractivity (Wildman–Crippen MR) is 82.0 cm³/mol. The first-order valence-electron chi connectivity index (χ1n) is 7.85. The van der Waals surface area contributed by atoms with E-state index in [2.05, 4.69) is 20.8 Å². The van der Waals surface area contributed by atoms with Crippen molar-refractivity contribution in [3.8, 4) is 11.5 Å². The summed E-state index contributed by atoms with van der Waals surface area (Å²) >= 11 is 0. The van der Waals surface area contributed by atoms with Crippen LogP contribution in [0.25, 0.3) is 0 Å². The molecule has 2 N–H and O–H groups in total. The number of benzene rings is 1. The van der Waals surface area contributed by atoms with Crippen molar-refractivity contribution >= 4 is 6.29 Å². The average molecular weight is 288 g/mol. The van der Waals surface area contributed by atoms with Crippen molar-refractivity contribution in [1.82, 2.24) is 0 Å². The topological polar surface area (TPSA) is 57.5 Å². The van der Waals surface area contributed by atoms with E-state index in [1.807, 2.05) is 0 Å². The minimum atomic E-state index is -0.113. The Labute approximate surface area is 126 Å². The van der Waals surface area contributed by atoms with Crippen LogP contribution in [0.5, 0.6) is 11.5 Å². The monoisotopic (exact) mass is 288 g/mol. The number of hydrogen-bond donors (Lipinski definition) is 2. The van der Waals surface area contributed by atoms with Crippen molar-refractivity contribution in [2.75, 3.05) is 0 Å². The van der Waals surface area contributed by atoms with Gasteiger partial charge in [-0.05, 0) is 48.5 Å². The number of aldehydes is 1. The van der Waals surface area contributed by atoms with Gasteiger partial charge in [0.2, 0.25) is 0 Å². The van der Waals surface area contributed by atoms with Crippen LogP contribution in [0.15, 0.2) is 6.07 Å². The summed E-state index contributed by atoms with van der Waals surface area (Å²) in [5.74, 6) is 0.745. The Balaban J connectivity index is 2.23. The summed E-state index contributed by atoms with van der Waals surface area (Å²) in [7, 11) is 0. The van der Waals surface area contributed by atoms with Gasteiger partial charge in [-0.15, -0.1) is 0 Å². The summed E-state index contributed by atoms with van der Waals surface area (Å²) in [5.41, 5.74) is 2.00. The molecule has 0 aliphatic heterocycles. The molecular weight excluding hydrogens is 264 g/mol. The first kappa shape index (κ1) is 14.4. The summed E-state index contributed by atoms with van der Waals surface area (Å²) in [6.45, 7) is 6.85. The third-order valence-electron chi connectivity index (χ3n) is 6.02. The number of fused-ring (bicyclic) bond motifs is 3. The van der Waals surface area contributed by atoms with Crippen LogP contribution in [-0.2, 0) is 11.8 Å². The summed E-state index contributed by atoms with van der Waals surface area (Å²) in [6.07, 6.45) is 5.73. The second kappa shape index (κ2) is 4.49. The maximum atomic E-state index is 11.1. The molecule has 2 aliphatic carbocycles. The molecule has 2 aliphatic rings. The molecule has 0 saturated heterocycles. The molecule has 0 spiro atoms. The molecule has 3 nitrogen and oxygen atoms in total. The number of aromatic hydroxyl groups is 2. The Morgan fingerprint density at radius 3 is 2.62 bits per heavy atom. The molecule has 21 heavy (non-hydrogen) atoms. The van der Waals surface area contributed by atoms with Crippen molar-refractivity contribution < 1.29 is 15.0 Å². The smallest absolute Gasteiger partial charge is 0.153 e. The zero-order chi connectivity index (χ0) is 15.4. The van der Waals surface area contributed by atoms with E-state index in [9.17, 15) is 15.0 Å². The van der Waals surface area contributed by atoms with E-state index in [0.29, 0.717) is 12.2 Å². The van der Waals surface area contributed by atoms with Crippen LogP contribution >= 0.6 is 0 Å². The fourth-order valence-corrected chi connectivity index (χ4v) is 5.12. The highest BCUT2D eigenvalue weighted by Gasteiger charge is 2.51. The summed E-state index contributed by atoms with van der Waals surface area (Å²) < 4.78 is 0. The second-order valence-corrected chi connectivity index (χ2v) is 7.66. The summed E-state index contributed by atoms with van der Waals surface area (Å²) in [4.78, 5) is 11.1. The molecule has 0 bridgehead atoms. The highest BCUT2D eigenvalue weighted by atomic mass is 16.3. The first-order valence-corrected chi connectivity index (χ1v) is 7.85. The Hall–Kier alpha value is -1.51. The van der Waals surface area contributed by atoms with Crippen molar-refractivity contribution in [3.05, 3.63) is 22.8 Å². The van der Waals surface area contributed by atoms with E-state index in [-0.39, 0.29) is 27.9 Å². The molecule has 0 amide bonds. The Morgan fingerprint density at radius 1 is 1.24 bits per heavy atom. The molecular formula is C18H24O3. The van der Waals surface area contributed by atoms with E-state index >= 15 is 0 Å². The number of rotatable bonds is 1. The van der Waals surface area contributed by atoms with E-state index in [1.54, 1.807) is 0 Å². The van der Waals surface area contributed by atoms with Gasteiger partial charge in [-0.25, -0.2) is 0 Å². The first-order chi connectivity index (χ1) is 9.81. The van der Waals surface area contributed by atoms with Crippen LogP contribution < -0.4 is 0 Å². The molecule has 2 atom stereocenters. The van der Waals surface area contributed by atoms with Gasteiger partial charge in [0, 0.05) is 11.1 Å². The van der Waals surface area contributed by atoms with Gasteiger partial charge in [0.15, 0.2) is 6.29 Å². The van der Waals surface area contributed by atoms with Gasteiger partial charge in [-0.2, -0.15) is 0 Å². The highest BCUT2D eigenvalue weighted by molar-refractivity contribution is 5.82. The maximum Gasteiger partial charge on any atom is 0.153 e. The molecule has 3 rings (SSSR count). The lowest BCUT2D eigenvalue weighted by Crippen LogP contribution is -2.47. The molecule has 1 aromatic carbocycles. The average Bonchev–Trinajstić information content (AvgIpc) is 2.40. The largest absolute Gasteiger partial charge is 0.508 e. The molecule has 114 valence electrons. The molecule has 1 saturated carbocycles. The number of phenolic OH excluding ortho intramolecular Hbond substituents is 2. The van der Waals surface area contributed by atoms with Crippen LogP contribution in [-0.4, -0.2) is 16.5 Å². The molecule has 1 fully saturated rings. The van der Waals surface area contributed by atoms with Gasteiger partial charge in [0.25, 0.3) is 0 Å². The van der Waals surface area contributed by atoms with Gasteiger partial charge in [0.1, 0.15) is 11.5 Å². The van der Waals surface area contributed by atoms with E-state index in [4.69, 9.17) is 0 Å². The van der Waals surface area contributed by atoms with Gasteiger partial charge in [0.05, 0.1) is 5.56 Å². The van der Waals surface area contributed by atoms with Crippen LogP contribution in [0.3, 0.4) is 0 Å². The van der Waals surface area contributed by atoms with E-state index < -0.39 is 0 Å². The van der Waals surface area contributed by atoms with Gasteiger partial charge in [-0.1, -0.05) is 27.2 Å². The van der Waals surface area contributed by atoms with Crippen LogP contribution in [0, 0.1) is 11.3 Å². The van der Waals surface area contributed by atoms with Crippen molar-refractivity contribution in [1.29, 1.82) is 0 Å². The lowest BCUT2D eigenvalue weighted by molar-refractivity contribution is 0.0387. The van der Waals surface area contributed by atoms with E-state index in [1.165, 1.54) is 12.5 Å². The zero-order valence-corrected chi connectivity index (χ0v) is 13.1. The lowest BCUT2D eigenvalue weighted by atomic mass is 9.50. The lowest BCUT2D eigenvalue weighted by Gasteiger charge is -2.54. The van der Waals surface area contributed by atoms with Crippen LogP contribution in [0.1, 0.15) is 67.9 Å². The Bertz CT molecular complexity index is 603. The molecule has 0 radical (unpaired) electrons. The SMILES string of the molecule is CC1(C)CCCC2(C)c3c(O)cc(C=O)c(O)c3CCC12. The van der Waals surface area contributed by atoms with Crippen molar-refractivity contribution in [2.45, 2.75) is 58.3 Å². The van der Waals surface area contributed by atoms with Gasteiger partial charge >= 0.3 is 0 Å². The number of carbonyl (C=O) groups excluding carboxylic acids is 1. The second-order valence-electron chi connectivity index (χ2n) is 7.66. The fraction of sp³-hybridized carbons (Fsp3) is 0.611. The van der Waals surface area contributed by atoms with Gasteiger partial charge in [-0.3, -0.25) is 4.79 Å². The Kier molecular flexibility index (Phi) is 3.09. The fourth-order valence-electron chi connectivity index (χ4n) is 5.12.